The van der Waals surface area contributed by atoms with Crippen LogP contribution >= 0.6 is 0 Å². The van der Waals surface area contributed by atoms with E-state index in [-0.39, 0.29) is 6.10 Å². The second-order valence-electron chi connectivity index (χ2n) is 4.98. The van der Waals surface area contributed by atoms with Crippen LogP contribution in [-0.2, 0) is 0 Å². The molecule has 1 saturated heterocycles. The first-order valence-corrected chi connectivity index (χ1v) is 6.62. The van der Waals surface area contributed by atoms with Crippen LogP contribution in [0.5, 0.6) is 0 Å². The molecule has 1 aliphatic heterocycles. The van der Waals surface area contributed by atoms with Gasteiger partial charge in [-0.15, -0.1) is 0 Å². The highest BCUT2D eigenvalue weighted by Crippen LogP contribution is 2.26. The number of aliphatic hydroxyl groups is 1. The fourth-order valence-electron chi connectivity index (χ4n) is 2.35. The third-order valence-corrected chi connectivity index (χ3v) is 3.62. The minimum absolute atomic E-state index is 0.268. The van der Waals surface area contributed by atoms with E-state index >= 15 is 0 Å². The SMILES string of the molecule is CCNc1ncnc(N2CCC(C)C(O)C2)c1C. The number of hydrogen-bond acceptors (Lipinski definition) is 5. The molecule has 100 valence electrons. The van der Waals surface area contributed by atoms with Gasteiger partial charge in [0.1, 0.15) is 18.0 Å². The molecule has 0 saturated carbocycles. The van der Waals surface area contributed by atoms with Gasteiger partial charge in [-0.25, -0.2) is 9.97 Å². The quantitative estimate of drug-likeness (QED) is 0.849. The Balaban J connectivity index is 2.20. The fourth-order valence-corrected chi connectivity index (χ4v) is 2.35. The molecular formula is C13H22N4O. The van der Waals surface area contributed by atoms with Gasteiger partial charge in [0.15, 0.2) is 0 Å². The number of anilines is 2. The summed E-state index contributed by atoms with van der Waals surface area (Å²) in [5, 5.41) is 13.2. The predicted octanol–water partition coefficient (Wildman–Crippen LogP) is 1.42. The van der Waals surface area contributed by atoms with Gasteiger partial charge in [-0.2, -0.15) is 0 Å². The molecule has 1 aliphatic rings. The van der Waals surface area contributed by atoms with Crippen molar-refractivity contribution in [2.24, 2.45) is 5.92 Å². The molecule has 2 N–H and O–H groups in total. The maximum atomic E-state index is 9.97. The number of aliphatic hydroxyl groups excluding tert-OH is 1. The van der Waals surface area contributed by atoms with Crippen LogP contribution in [0.2, 0.25) is 0 Å². The molecule has 0 amide bonds. The molecule has 18 heavy (non-hydrogen) atoms. The fraction of sp³-hybridized carbons (Fsp3) is 0.692. The van der Waals surface area contributed by atoms with Gasteiger partial charge < -0.3 is 15.3 Å². The summed E-state index contributed by atoms with van der Waals surface area (Å²) in [5.74, 6) is 2.19. The molecule has 1 fully saturated rings. The second-order valence-corrected chi connectivity index (χ2v) is 4.98. The highest BCUT2D eigenvalue weighted by atomic mass is 16.3. The number of β-amino-alcohol motifs (C(OH)–C–C–N with tert-alkyl or cyclic N) is 1. The first kappa shape index (κ1) is 13.1. The van der Waals surface area contributed by atoms with Crippen LogP contribution in [0.15, 0.2) is 6.33 Å². The monoisotopic (exact) mass is 250 g/mol. The number of nitrogens with one attached hydrogen (secondary N) is 1. The molecule has 0 bridgehead atoms. The summed E-state index contributed by atoms with van der Waals surface area (Å²) in [7, 11) is 0. The van der Waals surface area contributed by atoms with Crippen molar-refractivity contribution in [3.05, 3.63) is 11.9 Å². The van der Waals surface area contributed by atoms with E-state index in [1.807, 2.05) is 13.8 Å². The number of aromatic nitrogens is 2. The van der Waals surface area contributed by atoms with E-state index in [0.717, 1.165) is 36.7 Å². The highest BCUT2D eigenvalue weighted by molar-refractivity contribution is 5.58. The predicted molar refractivity (Wildman–Crippen MR) is 72.9 cm³/mol. The second kappa shape index (κ2) is 5.52. The molecule has 5 heteroatoms. The zero-order chi connectivity index (χ0) is 13.1. The van der Waals surface area contributed by atoms with Gasteiger partial charge in [0, 0.05) is 25.2 Å². The van der Waals surface area contributed by atoms with E-state index in [2.05, 4.69) is 27.1 Å². The number of rotatable bonds is 3. The molecule has 2 heterocycles. The van der Waals surface area contributed by atoms with Gasteiger partial charge in [0.2, 0.25) is 0 Å². The Labute approximate surface area is 108 Å². The van der Waals surface area contributed by atoms with Crippen molar-refractivity contribution in [3.63, 3.8) is 0 Å². The summed E-state index contributed by atoms with van der Waals surface area (Å²) >= 11 is 0. The van der Waals surface area contributed by atoms with Gasteiger partial charge in [-0.05, 0) is 26.2 Å². The summed E-state index contributed by atoms with van der Waals surface area (Å²) in [6.45, 7) is 8.62. The normalized spacial score (nSPS) is 24.1. The summed E-state index contributed by atoms with van der Waals surface area (Å²) in [6.07, 6.45) is 2.32. The number of piperidine rings is 1. The van der Waals surface area contributed by atoms with Crippen LogP contribution in [0, 0.1) is 12.8 Å². The van der Waals surface area contributed by atoms with Crippen molar-refractivity contribution >= 4 is 11.6 Å². The molecule has 2 atom stereocenters. The van der Waals surface area contributed by atoms with Crippen molar-refractivity contribution in [2.45, 2.75) is 33.3 Å². The Kier molecular flexibility index (Phi) is 4.01. The molecule has 1 aromatic rings. The molecule has 0 radical (unpaired) electrons. The Morgan fingerprint density at radius 3 is 2.94 bits per heavy atom. The maximum Gasteiger partial charge on any atom is 0.137 e. The topological polar surface area (TPSA) is 61.3 Å². The molecule has 0 aromatic carbocycles. The van der Waals surface area contributed by atoms with Gasteiger partial charge in [-0.1, -0.05) is 6.92 Å². The largest absolute Gasteiger partial charge is 0.391 e. The van der Waals surface area contributed by atoms with E-state index in [1.165, 1.54) is 0 Å². The van der Waals surface area contributed by atoms with E-state index < -0.39 is 0 Å². The maximum absolute atomic E-state index is 9.97. The van der Waals surface area contributed by atoms with Crippen molar-refractivity contribution < 1.29 is 5.11 Å². The lowest BCUT2D eigenvalue weighted by molar-refractivity contribution is 0.102. The van der Waals surface area contributed by atoms with Crippen molar-refractivity contribution in [1.82, 2.24) is 9.97 Å². The lowest BCUT2D eigenvalue weighted by Gasteiger charge is -2.35. The highest BCUT2D eigenvalue weighted by Gasteiger charge is 2.26. The Morgan fingerprint density at radius 1 is 1.50 bits per heavy atom. The number of hydrogen-bond donors (Lipinski definition) is 2. The summed E-state index contributed by atoms with van der Waals surface area (Å²) in [5.41, 5.74) is 1.06. The van der Waals surface area contributed by atoms with Crippen LogP contribution in [0.4, 0.5) is 11.6 Å². The van der Waals surface area contributed by atoms with Crippen molar-refractivity contribution in [1.29, 1.82) is 0 Å². The van der Waals surface area contributed by atoms with Crippen LogP contribution in [0.3, 0.4) is 0 Å². The van der Waals surface area contributed by atoms with Crippen LogP contribution in [-0.4, -0.2) is 40.8 Å². The molecule has 1 aromatic heterocycles. The molecule has 5 nitrogen and oxygen atoms in total. The Hall–Kier alpha value is -1.36. The Morgan fingerprint density at radius 2 is 2.28 bits per heavy atom. The standard InChI is InChI=1S/C13H22N4O/c1-4-14-12-10(3)13(16-8-15-12)17-6-5-9(2)11(18)7-17/h8-9,11,18H,4-7H2,1-3H3,(H,14,15,16). The lowest BCUT2D eigenvalue weighted by atomic mass is 9.96. The van der Waals surface area contributed by atoms with E-state index in [4.69, 9.17) is 0 Å². The smallest absolute Gasteiger partial charge is 0.137 e. The van der Waals surface area contributed by atoms with Gasteiger partial charge >= 0.3 is 0 Å². The average Bonchev–Trinajstić information content (AvgIpc) is 2.36. The summed E-state index contributed by atoms with van der Waals surface area (Å²) < 4.78 is 0. The zero-order valence-electron chi connectivity index (χ0n) is 11.3. The van der Waals surface area contributed by atoms with Crippen molar-refractivity contribution in [2.75, 3.05) is 29.9 Å². The van der Waals surface area contributed by atoms with Gasteiger partial charge in [0.25, 0.3) is 0 Å². The van der Waals surface area contributed by atoms with Crippen molar-refractivity contribution in [3.8, 4) is 0 Å². The third kappa shape index (κ3) is 2.56. The van der Waals surface area contributed by atoms with E-state index in [0.29, 0.717) is 12.5 Å². The third-order valence-electron chi connectivity index (χ3n) is 3.62. The van der Waals surface area contributed by atoms with Crippen LogP contribution in [0.1, 0.15) is 25.8 Å². The first-order chi connectivity index (χ1) is 8.63. The lowest BCUT2D eigenvalue weighted by Crippen LogP contribution is -2.43. The summed E-state index contributed by atoms with van der Waals surface area (Å²) in [6, 6.07) is 0. The van der Waals surface area contributed by atoms with Crippen LogP contribution < -0.4 is 10.2 Å². The number of nitrogens with zero attached hydrogens (tertiary/aromatic N) is 3. The molecular weight excluding hydrogens is 228 g/mol. The molecule has 0 aliphatic carbocycles. The van der Waals surface area contributed by atoms with Gasteiger partial charge in [0.05, 0.1) is 6.10 Å². The minimum Gasteiger partial charge on any atom is -0.391 e. The molecule has 2 rings (SSSR count). The first-order valence-electron chi connectivity index (χ1n) is 6.62. The Bertz CT molecular complexity index is 410. The minimum atomic E-state index is -0.268. The molecule has 0 spiro atoms. The zero-order valence-corrected chi connectivity index (χ0v) is 11.3. The average molecular weight is 250 g/mol. The van der Waals surface area contributed by atoms with E-state index in [9.17, 15) is 5.11 Å². The van der Waals surface area contributed by atoms with Gasteiger partial charge in [-0.3, -0.25) is 0 Å². The summed E-state index contributed by atoms with van der Waals surface area (Å²) in [4.78, 5) is 10.8. The molecule has 2 unspecified atom stereocenters. The van der Waals surface area contributed by atoms with Crippen LogP contribution in [0.25, 0.3) is 0 Å². The van der Waals surface area contributed by atoms with E-state index in [1.54, 1.807) is 6.33 Å².